The molecule has 3 atom stereocenters. The SMILES string of the molecule is CC1SCCSC1C(O)CCC1CCCCC1. The van der Waals surface area contributed by atoms with E-state index in [0.29, 0.717) is 10.5 Å². The van der Waals surface area contributed by atoms with Crippen LogP contribution in [0.2, 0.25) is 0 Å². The second-order valence-corrected chi connectivity index (χ2v) is 8.33. The average molecular weight is 274 g/mol. The first-order valence-corrected chi connectivity index (χ1v) is 9.28. The number of aliphatic hydroxyl groups excluding tert-OH is 1. The number of rotatable bonds is 4. The van der Waals surface area contributed by atoms with E-state index in [-0.39, 0.29) is 6.10 Å². The van der Waals surface area contributed by atoms with Crippen molar-refractivity contribution in [2.75, 3.05) is 11.5 Å². The zero-order valence-electron chi connectivity index (χ0n) is 10.9. The van der Waals surface area contributed by atoms with Crippen molar-refractivity contribution >= 4 is 23.5 Å². The number of hydrogen-bond acceptors (Lipinski definition) is 3. The molecule has 3 heteroatoms. The normalized spacial score (nSPS) is 33.5. The molecule has 2 fully saturated rings. The maximum Gasteiger partial charge on any atom is 0.0669 e. The first-order chi connectivity index (χ1) is 8.27. The first kappa shape index (κ1) is 14.1. The molecule has 1 saturated carbocycles. The van der Waals surface area contributed by atoms with Gasteiger partial charge in [-0.15, -0.1) is 0 Å². The molecule has 0 radical (unpaired) electrons. The summed E-state index contributed by atoms with van der Waals surface area (Å²) in [5, 5.41) is 11.5. The van der Waals surface area contributed by atoms with Gasteiger partial charge in [0.15, 0.2) is 0 Å². The summed E-state index contributed by atoms with van der Waals surface area (Å²) in [6.45, 7) is 2.28. The standard InChI is InChI=1S/C14H26OS2/c1-11-14(17-10-9-16-11)13(15)8-7-12-5-3-2-4-6-12/h11-15H,2-10H2,1H3. The van der Waals surface area contributed by atoms with E-state index in [2.05, 4.69) is 6.92 Å². The summed E-state index contributed by atoms with van der Waals surface area (Å²) in [5.41, 5.74) is 0. The summed E-state index contributed by atoms with van der Waals surface area (Å²) in [7, 11) is 0. The zero-order chi connectivity index (χ0) is 12.1. The Balaban J connectivity index is 1.70. The molecule has 2 rings (SSSR count). The van der Waals surface area contributed by atoms with Gasteiger partial charge in [-0.3, -0.25) is 0 Å². The topological polar surface area (TPSA) is 20.2 Å². The van der Waals surface area contributed by atoms with Crippen LogP contribution in [0.15, 0.2) is 0 Å². The molecule has 0 amide bonds. The summed E-state index contributed by atoms with van der Waals surface area (Å²) in [6.07, 6.45) is 9.33. The Bertz CT molecular complexity index is 216. The van der Waals surface area contributed by atoms with Gasteiger partial charge in [0.2, 0.25) is 0 Å². The first-order valence-electron chi connectivity index (χ1n) is 7.18. The summed E-state index contributed by atoms with van der Waals surface area (Å²) >= 11 is 4.03. The molecule has 1 heterocycles. The van der Waals surface area contributed by atoms with Gasteiger partial charge in [-0.1, -0.05) is 39.0 Å². The van der Waals surface area contributed by atoms with Crippen molar-refractivity contribution in [2.45, 2.75) is 68.5 Å². The molecule has 0 aromatic heterocycles. The van der Waals surface area contributed by atoms with Gasteiger partial charge in [0.05, 0.1) is 6.10 Å². The van der Waals surface area contributed by atoms with E-state index in [1.807, 2.05) is 23.5 Å². The van der Waals surface area contributed by atoms with Crippen molar-refractivity contribution < 1.29 is 5.11 Å². The Morgan fingerprint density at radius 1 is 1.12 bits per heavy atom. The Labute approximate surface area is 115 Å². The maximum absolute atomic E-state index is 10.3. The third-order valence-corrected chi connectivity index (χ3v) is 7.45. The van der Waals surface area contributed by atoms with Gasteiger partial charge in [-0.2, -0.15) is 23.5 Å². The lowest BCUT2D eigenvalue weighted by Crippen LogP contribution is -2.35. The smallest absolute Gasteiger partial charge is 0.0669 e. The largest absolute Gasteiger partial charge is 0.392 e. The van der Waals surface area contributed by atoms with Gasteiger partial charge < -0.3 is 5.11 Å². The van der Waals surface area contributed by atoms with Gasteiger partial charge in [-0.25, -0.2) is 0 Å². The van der Waals surface area contributed by atoms with E-state index in [0.717, 1.165) is 12.3 Å². The molecule has 3 unspecified atom stereocenters. The van der Waals surface area contributed by atoms with Crippen LogP contribution in [0.1, 0.15) is 51.9 Å². The quantitative estimate of drug-likeness (QED) is 0.838. The van der Waals surface area contributed by atoms with Crippen LogP contribution in [-0.4, -0.2) is 33.2 Å². The lowest BCUT2D eigenvalue weighted by atomic mass is 9.85. The summed E-state index contributed by atoms with van der Waals surface area (Å²) in [6, 6.07) is 0. The van der Waals surface area contributed by atoms with Crippen molar-refractivity contribution in [1.82, 2.24) is 0 Å². The van der Waals surface area contributed by atoms with Crippen LogP contribution in [0.3, 0.4) is 0 Å². The second kappa shape index (κ2) is 7.30. The molecule has 0 aromatic rings. The number of aliphatic hydroxyl groups is 1. The van der Waals surface area contributed by atoms with E-state index in [4.69, 9.17) is 0 Å². The molecule has 1 aliphatic carbocycles. The fourth-order valence-electron chi connectivity index (χ4n) is 3.12. The molecule has 2 aliphatic rings. The lowest BCUT2D eigenvalue weighted by molar-refractivity contribution is 0.146. The van der Waals surface area contributed by atoms with E-state index < -0.39 is 0 Å². The van der Waals surface area contributed by atoms with Gasteiger partial charge >= 0.3 is 0 Å². The van der Waals surface area contributed by atoms with Crippen LogP contribution in [0, 0.1) is 5.92 Å². The average Bonchev–Trinajstić information content (AvgIpc) is 2.38. The van der Waals surface area contributed by atoms with Crippen LogP contribution in [0.4, 0.5) is 0 Å². The molecular weight excluding hydrogens is 248 g/mol. The predicted molar refractivity (Wildman–Crippen MR) is 80.0 cm³/mol. The highest BCUT2D eigenvalue weighted by atomic mass is 32.2. The van der Waals surface area contributed by atoms with Crippen LogP contribution < -0.4 is 0 Å². The van der Waals surface area contributed by atoms with Gasteiger partial charge in [-0.05, 0) is 18.8 Å². The van der Waals surface area contributed by atoms with Gasteiger partial charge in [0.1, 0.15) is 0 Å². The van der Waals surface area contributed by atoms with Crippen molar-refractivity contribution in [1.29, 1.82) is 0 Å². The number of hydrogen-bond donors (Lipinski definition) is 1. The third kappa shape index (κ3) is 4.36. The minimum absolute atomic E-state index is 0.0651. The van der Waals surface area contributed by atoms with E-state index >= 15 is 0 Å². The van der Waals surface area contributed by atoms with Gasteiger partial charge in [0, 0.05) is 22.0 Å². The summed E-state index contributed by atoms with van der Waals surface area (Å²) in [4.78, 5) is 0. The van der Waals surface area contributed by atoms with Crippen molar-refractivity contribution in [2.24, 2.45) is 5.92 Å². The minimum Gasteiger partial charge on any atom is -0.392 e. The maximum atomic E-state index is 10.3. The van der Waals surface area contributed by atoms with Crippen molar-refractivity contribution in [3.8, 4) is 0 Å². The molecule has 100 valence electrons. The summed E-state index contributed by atoms with van der Waals surface area (Å²) < 4.78 is 0. The second-order valence-electron chi connectivity index (χ2n) is 5.56. The molecule has 1 N–H and O–H groups in total. The fraction of sp³-hybridized carbons (Fsp3) is 1.00. The predicted octanol–water partition coefficient (Wildman–Crippen LogP) is 3.94. The molecule has 1 aliphatic heterocycles. The summed E-state index contributed by atoms with van der Waals surface area (Å²) in [5.74, 6) is 3.40. The van der Waals surface area contributed by atoms with Crippen LogP contribution >= 0.6 is 23.5 Å². The highest BCUT2D eigenvalue weighted by Gasteiger charge is 2.29. The molecular formula is C14H26OS2. The Morgan fingerprint density at radius 2 is 1.82 bits per heavy atom. The Morgan fingerprint density at radius 3 is 2.53 bits per heavy atom. The highest BCUT2D eigenvalue weighted by Crippen LogP contribution is 2.35. The van der Waals surface area contributed by atoms with E-state index in [1.54, 1.807) is 0 Å². The van der Waals surface area contributed by atoms with E-state index in [9.17, 15) is 5.11 Å². The Hall–Kier alpha value is 0.660. The molecule has 0 bridgehead atoms. The van der Waals surface area contributed by atoms with Crippen LogP contribution in [0.5, 0.6) is 0 Å². The highest BCUT2D eigenvalue weighted by molar-refractivity contribution is 8.07. The molecule has 1 nitrogen and oxygen atoms in total. The van der Waals surface area contributed by atoms with Gasteiger partial charge in [0.25, 0.3) is 0 Å². The van der Waals surface area contributed by atoms with Crippen molar-refractivity contribution in [3.05, 3.63) is 0 Å². The minimum atomic E-state index is -0.0651. The fourth-order valence-corrected chi connectivity index (χ4v) is 6.00. The molecule has 17 heavy (non-hydrogen) atoms. The molecule has 0 spiro atoms. The van der Waals surface area contributed by atoms with Crippen molar-refractivity contribution in [3.63, 3.8) is 0 Å². The monoisotopic (exact) mass is 274 g/mol. The Kier molecular flexibility index (Phi) is 6.04. The zero-order valence-corrected chi connectivity index (χ0v) is 12.6. The lowest BCUT2D eigenvalue weighted by Gasteiger charge is -2.32. The molecule has 0 aromatic carbocycles. The van der Waals surface area contributed by atoms with Crippen LogP contribution in [0.25, 0.3) is 0 Å². The third-order valence-electron chi connectivity index (χ3n) is 4.21. The molecule has 1 saturated heterocycles. The number of thioether (sulfide) groups is 2. The van der Waals surface area contributed by atoms with E-state index in [1.165, 1.54) is 50.0 Å². The van der Waals surface area contributed by atoms with Crippen LogP contribution in [-0.2, 0) is 0 Å².